The van der Waals surface area contributed by atoms with Crippen molar-refractivity contribution in [1.82, 2.24) is 4.90 Å². The zero-order valence-electron chi connectivity index (χ0n) is 10.5. The van der Waals surface area contributed by atoms with Gasteiger partial charge in [0, 0.05) is 12.0 Å². The molecule has 1 fully saturated rings. The van der Waals surface area contributed by atoms with Gasteiger partial charge in [-0.1, -0.05) is 26.7 Å². The van der Waals surface area contributed by atoms with Gasteiger partial charge in [0.05, 0.1) is 0 Å². The van der Waals surface area contributed by atoms with Crippen LogP contribution in [0.5, 0.6) is 0 Å². The molecule has 0 aromatic carbocycles. The highest BCUT2D eigenvalue weighted by atomic mass is 16.1. The summed E-state index contributed by atoms with van der Waals surface area (Å²) in [7, 11) is 2.13. The first-order chi connectivity index (χ1) is 7.12. The summed E-state index contributed by atoms with van der Waals surface area (Å²) in [5, 5.41) is 0. The summed E-state index contributed by atoms with van der Waals surface area (Å²) in [5.74, 6) is 0.721. The molecule has 0 saturated heterocycles. The first kappa shape index (κ1) is 12.7. The molecule has 0 aromatic heterocycles. The van der Waals surface area contributed by atoms with E-state index in [1.165, 1.54) is 25.5 Å². The Kier molecular flexibility index (Phi) is 4.78. The molecule has 0 aromatic rings. The van der Waals surface area contributed by atoms with Crippen molar-refractivity contribution in [3.63, 3.8) is 0 Å². The minimum atomic E-state index is -0.0401. The molecule has 0 amide bonds. The third-order valence-corrected chi connectivity index (χ3v) is 3.57. The van der Waals surface area contributed by atoms with Gasteiger partial charge in [-0.2, -0.15) is 0 Å². The van der Waals surface area contributed by atoms with Crippen LogP contribution in [0.3, 0.4) is 0 Å². The molecular weight excluding hydrogens is 186 g/mol. The van der Waals surface area contributed by atoms with Crippen LogP contribution >= 0.6 is 0 Å². The van der Waals surface area contributed by atoms with Crippen LogP contribution in [0.4, 0.5) is 0 Å². The van der Waals surface area contributed by atoms with E-state index < -0.39 is 0 Å². The number of nitrogens with zero attached hydrogens (tertiary/aromatic N) is 1. The third-order valence-electron chi connectivity index (χ3n) is 3.57. The fourth-order valence-electron chi connectivity index (χ4n) is 2.99. The summed E-state index contributed by atoms with van der Waals surface area (Å²) < 4.78 is 0. The minimum absolute atomic E-state index is 0.0401. The monoisotopic (exact) mass is 211 g/mol. The van der Waals surface area contributed by atoms with Gasteiger partial charge in [-0.25, -0.2) is 0 Å². The van der Waals surface area contributed by atoms with Gasteiger partial charge in [-0.15, -0.1) is 0 Å². The number of aldehydes is 1. The maximum atomic E-state index is 11.3. The highest BCUT2D eigenvalue weighted by molar-refractivity contribution is 5.60. The second kappa shape index (κ2) is 5.64. The highest BCUT2D eigenvalue weighted by Crippen LogP contribution is 2.38. The lowest BCUT2D eigenvalue weighted by atomic mass is 9.71. The predicted octanol–water partition coefficient (Wildman–Crippen LogP) is 2.72. The fraction of sp³-hybridized carbons (Fsp3) is 0.923. The van der Waals surface area contributed by atoms with E-state index in [2.05, 4.69) is 25.8 Å². The van der Waals surface area contributed by atoms with Gasteiger partial charge in [0.2, 0.25) is 0 Å². The standard InChI is InChI=1S/C13H25NO/c1-4-8-14(3)10-13(11-15)7-5-6-12(2)9-13/h11-12H,4-10H2,1-3H3. The summed E-state index contributed by atoms with van der Waals surface area (Å²) >= 11 is 0. The lowest BCUT2D eigenvalue weighted by molar-refractivity contribution is -0.119. The predicted molar refractivity (Wildman–Crippen MR) is 63.9 cm³/mol. The Morgan fingerprint density at radius 1 is 1.53 bits per heavy atom. The van der Waals surface area contributed by atoms with Gasteiger partial charge in [0.25, 0.3) is 0 Å². The Labute approximate surface area is 94.0 Å². The number of hydrogen-bond donors (Lipinski definition) is 0. The maximum Gasteiger partial charge on any atom is 0.127 e. The van der Waals surface area contributed by atoms with Crippen molar-refractivity contribution in [2.24, 2.45) is 11.3 Å². The number of rotatable bonds is 5. The summed E-state index contributed by atoms with van der Waals surface area (Å²) in [6.45, 7) is 6.52. The summed E-state index contributed by atoms with van der Waals surface area (Å²) in [6, 6.07) is 0. The average Bonchev–Trinajstić information content (AvgIpc) is 2.18. The van der Waals surface area contributed by atoms with E-state index >= 15 is 0 Å². The van der Waals surface area contributed by atoms with Gasteiger partial charge in [-0.05, 0) is 38.8 Å². The summed E-state index contributed by atoms with van der Waals surface area (Å²) in [4.78, 5) is 13.7. The van der Waals surface area contributed by atoms with Gasteiger partial charge < -0.3 is 9.69 Å². The van der Waals surface area contributed by atoms with Crippen molar-refractivity contribution >= 4 is 6.29 Å². The van der Waals surface area contributed by atoms with Crippen LogP contribution in [0, 0.1) is 11.3 Å². The second-order valence-electron chi connectivity index (χ2n) is 5.42. The molecule has 0 aliphatic heterocycles. The molecule has 0 N–H and O–H groups in total. The van der Waals surface area contributed by atoms with Crippen LogP contribution in [0.1, 0.15) is 46.0 Å². The first-order valence-electron chi connectivity index (χ1n) is 6.27. The molecule has 2 unspecified atom stereocenters. The van der Waals surface area contributed by atoms with Crippen molar-refractivity contribution in [3.05, 3.63) is 0 Å². The van der Waals surface area contributed by atoms with Crippen LogP contribution in [-0.2, 0) is 4.79 Å². The molecule has 0 bridgehead atoms. The van der Waals surface area contributed by atoms with Gasteiger partial charge in [0.15, 0.2) is 0 Å². The molecule has 2 nitrogen and oxygen atoms in total. The molecule has 0 spiro atoms. The molecule has 1 aliphatic rings. The molecule has 1 saturated carbocycles. The molecule has 0 heterocycles. The molecule has 1 rings (SSSR count). The number of hydrogen-bond acceptors (Lipinski definition) is 2. The molecule has 0 radical (unpaired) electrons. The summed E-state index contributed by atoms with van der Waals surface area (Å²) in [5.41, 5.74) is -0.0401. The van der Waals surface area contributed by atoms with Crippen molar-refractivity contribution in [2.75, 3.05) is 20.1 Å². The van der Waals surface area contributed by atoms with E-state index in [4.69, 9.17) is 0 Å². The lowest BCUT2D eigenvalue weighted by Crippen LogP contribution is -2.40. The molecule has 88 valence electrons. The van der Waals surface area contributed by atoms with Crippen molar-refractivity contribution in [3.8, 4) is 0 Å². The van der Waals surface area contributed by atoms with E-state index in [0.717, 1.165) is 31.8 Å². The Bertz CT molecular complexity index is 205. The van der Waals surface area contributed by atoms with Gasteiger partial charge in [0.1, 0.15) is 6.29 Å². The Hall–Kier alpha value is -0.370. The third kappa shape index (κ3) is 3.60. The van der Waals surface area contributed by atoms with E-state index in [9.17, 15) is 4.79 Å². The van der Waals surface area contributed by atoms with Crippen LogP contribution in [0.2, 0.25) is 0 Å². The van der Waals surface area contributed by atoms with Gasteiger partial charge in [-0.3, -0.25) is 0 Å². The number of carbonyl (C=O) groups excluding carboxylic acids is 1. The normalized spacial score (nSPS) is 31.9. The SMILES string of the molecule is CCCN(C)CC1(C=O)CCCC(C)C1. The van der Waals surface area contributed by atoms with Crippen LogP contribution in [-0.4, -0.2) is 31.3 Å². The Morgan fingerprint density at radius 3 is 2.80 bits per heavy atom. The first-order valence-corrected chi connectivity index (χ1v) is 6.27. The second-order valence-corrected chi connectivity index (χ2v) is 5.42. The molecule has 2 atom stereocenters. The van der Waals surface area contributed by atoms with E-state index in [1.807, 2.05) is 0 Å². The highest BCUT2D eigenvalue weighted by Gasteiger charge is 2.35. The molecule has 15 heavy (non-hydrogen) atoms. The van der Waals surface area contributed by atoms with E-state index in [-0.39, 0.29) is 5.41 Å². The zero-order valence-corrected chi connectivity index (χ0v) is 10.5. The lowest BCUT2D eigenvalue weighted by Gasteiger charge is -2.38. The number of carbonyl (C=O) groups is 1. The van der Waals surface area contributed by atoms with E-state index in [1.54, 1.807) is 0 Å². The smallest absolute Gasteiger partial charge is 0.127 e. The quantitative estimate of drug-likeness (QED) is 0.652. The van der Waals surface area contributed by atoms with Crippen molar-refractivity contribution in [1.29, 1.82) is 0 Å². The van der Waals surface area contributed by atoms with E-state index in [0.29, 0.717) is 0 Å². The topological polar surface area (TPSA) is 20.3 Å². The molecular formula is C13H25NO. The zero-order chi connectivity index (χ0) is 11.3. The maximum absolute atomic E-state index is 11.3. The van der Waals surface area contributed by atoms with Crippen LogP contribution in [0.25, 0.3) is 0 Å². The Balaban J connectivity index is 2.55. The van der Waals surface area contributed by atoms with Gasteiger partial charge >= 0.3 is 0 Å². The van der Waals surface area contributed by atoms with Crippen molar-refractivity contribution < 1.29 is 4.79 Å². The molecule has 2 heteroatoms. The van der Waals surface area contributed by atoms with Crippen LogP contribution in [0.15, 0.2) is 0 Å². The van der Waals surface area contributed by atoms with Crippen molar-refractivity contribution in [2.45, 2.75) is 46.0 Å². The fourth-order valence-corrected chi connectivity index (χ4v) is 2.99. The summed E-state index contributed by atoms with van der Waals surface area (Å²) in [6.07, 6.45) is 7.10. The Morgan fingerprint density at radius 2 is 2.27 bits per heavy atom. The van der Waals surface area contributed by atoms with Crippen LogP contribution < -0.4 is 0 Å². The largest absolute Gasteiger partial charge is 0.305 e. The molecule has 1 aliphatic carbocycles. The minimum Gasteiger partial charge on any atom is -0.305 e. The average molecular weight is 211 g/mol.